The summed E-state index contributed by atoms with van der Waals surface area (Å²) in [6, 6.07) is 8.76. The summed E-state index contributed by atoms with van der Waals surface area (Å²) in [4.78, 5) is 25.5. The molecule has 0 bridgehead atoms. The first kappa shape index (κ1) is 19.5. The number of carbonyl (C=O) groups is 2. The molecule has 27 heavy (non-hydrogen) atoms. The lowest BCUT2D eigenvalue weighted by Gasteiger charge is -2.16. The van der Waals surface area contributed by atoms with Gasteiger partial charge in [0.1, 0.15) is 10.7 Å². The smallest absolute Gasteiger partial charge is 0.349 e. The molecule has 0 spiro atoms. The van der Waals surface area contributed by atoms with Crippen molar-refractivity contribution in [3.8, 4) is 10.4 Å². The number of sulfone groups is 1. The van der Waals surface area contributed by atoms with Crippen molar-refractivity contribution < 1.29 is 27.1 Å². The van der Waals surface area contributed by atoms with E-state index >= 15 is 0 Å². The second kappa shape index (κ2) is 7.77. The Kier molecular flexibility index (Phi) is 5.61. The molecule has 2 aromatic rings. The van der Waals surface area contributed by atoms with Gasteiger partial charge in [0.2, 0.25) is 0 Å². The number of thiophene rings is 1. The molecule has 0 unspecified atom stereocenters. The van der Waals surface area contributed by atoms with Crippen LogP contribution in [0, 0.1) is 5.82 Å². The largest absolute Gasteiger partial charge is 0.448 e. The third-order valence-corrected chi connectivity index (χ3v) is 7.05. The van der Waals surface area contributed by atoms with E-state index in [1.54, 1.807) is 24.3 Å². The van der Waals surface area contributed by atoms with Crippen LogP contribution < -0.4 is 5.32 Å². The van der Waals surface area contributed by atoms with Crippen molar-refractivity contribution in [3.63, 3.8) is 0 Å². The number of amides is 1. The lowest BCUT2D eigenvalue weighted by atomic mass is 10.2. The second-order valence-electron chi connectivity index (χ2n) is 6.33. The first-order chi connectivity index (χ1) is 12.7. The summed E-state index contributed by atoms with van der Waals surface area (Å²) in [6.07, 6.45) is -0.682. The van der Waals surface area contributed by atoms with Crippen LogP contribution in [0.2, 0.25) is 0 Å². The molecule has 9 heteroatoms. The molecule has 1 aliphatic rings. The normalized spacial score (nSPS) is 19.4. The number of halogens is 1. The number of benzene rings is 1. The lowest BCUT2D eigenvalue weighted by molar-refractivity contribution is -0.129. The van der Waals surface area contributed by atoms with Crippen LogP contribution >= 0.6 is 11.3 Å². The van der Waals surface area contributed by atoms with Gasteiger partial charge in [0, 0.05) is 10.9 Å². The number of esters is 1. The Morgan fingerprint density at radius 2 is 1.93 bits per heavy atom. The van der Waals surface area contributed by atoms with Crippen molar-refractivity contribution in [2.24, 2.45) is 0 Å². The lowest BCUT2D eigenvalue weighted by Crippen LogP contribution is -2.42. The van der Waals surface area contributed by atoms with E-state index in [2.05, 4.69) is 5.32 Å². The van der Waals surface area contributed by atoms with Crippen molar-refractivity contribution in [1.29, 1.82) is 0 Å². The molecular formula is C18H18FNO5S2. The van der Waals surface area contributed by atoms with Crippen LogP contribution in [0.3, 0.4) is 0 Å². The molecule has 2 heterocycles. The molecule has 0 radical (unpaired) electrons. The molecule has 1 aromatic heterocycles. The SMILES string of the molecule is C[C@@H](OC(=O)c1ccc(-c2ccc(F)cc2)s1)C(=O)N[C@H]1CCS(=O)(=O)C1. The quantitative estimate of drug-likeness (QED) is 0.763. The zero-order valence-electron chi connectivity index (χ0n) is 14.5. The zero-order chi connectivity index (χ0) is 19.6. The maximum absolute atomic E-state index is 13.0. The van der Waals surface area contributed by atoms with Crippen LogP contribution in [0.1, 0.15) is 23.0 Å². The Balaban J connectivity index is 1.58. The number of ether oxygens (including phenoxy) is 1. The predicted octanol–water partition coefficient (Wildman–Crippen LogP) is 2.40. The van der Waals surface area contributed by atoms with Crippen LogP contribution in [0.4, 0.5) is 4.39 Å². The van der Waals surface area contributed by atoms with Gasteiger partial charge in [-0.15, -0.1) is 11.3 Å². The Hall–Kier alpha value is -2.26. The van der Waals surface area contributed by atoms with Gasteiger partial charge >= 0.3 is 5.97 Å². The highest BCUT2D eigenvalue weighted by molar-refractivity contribution is 7.91. The molecule has 0 saturated carbocycles. The third-order valence-electron chi connectivity index (χ3n) is 4.17. The molecule has 1 N–H and O–H groups in total. The highest BCUT2D eigenvalue weighted by Crippen LogP contribution is 2.28. The minimum Gasteiger partial charge on any atom is -0.448 e. The molecule has 0 aliphatic carbocycles. The van der Waals surface area contributed by atoms with Crippen molar-refractivity contribution in [2.45, 2.75) is 25.5 Å². The predicted molar refractivity (Wildman–Crippen MR) is 99.8 cm³/mol. The zero-order valence-corrected chi connectivity index (χ0v) is 16.1. The van der Waals surface area contributed by atoms with Crippen molar-refractivity contribution in [2.75, 3.05) is 11.5 Å². The fourth-order valence-corrected chi connectivity index (χ4v) is 5.28. The van der Waals surface area contributed by atoms with Gasteiger partial charge in [-0.3, -0.25) is 4.79 Å². The molecule has 1 saturated heterocycles. The number of carbonyl (C=O) groups excluding carboxylic acids is 2. The Morgan fingerprint density at radius 3 is 2.56 bits per heavy atom. The highest BCUT2D eigenvalue weighted by atomic mass is 32.2. The van der Waals surface area contributed by atoms with Crippen LogP contribution in [0.25, 0.3) is 10.4 Å². The van der Waals surface area contributed by atoms with Gasteiger partial charge in [-0.2, -0.15) is 0 Å². The Bertz CT molecular complexity index is 952. The summed E-state index contributed by atoms with van der Waals surface area (Å²) in [5.41, 5.74) is 0.772. The van der Waals surface area contributed by atoms with E-state index in [0.717, 1.165) is 10.4 Å². The summed E-state index contributed by atoms with van der Waals surface area (Å²) >= 11 is 1.18. The fourth-order valence-electron chi connectivity index (χ4n) is 2.72. The van der Waals surface area contributed by atoms with Crippen molar-refractivity contribution in [1.82, 2.24) is 5.32 Å². The number of rotatable bonds is 5. The van der Waals surface area contributed by atoms with Gasteiger partial charge in [-0.25, -0.2) is 17.6 Å². The molecule has 3 rings (SSSR count). The minimum absolute atomic E-state index is 0.0491. The first-order valence-electron chi connectivity index (χ1n) is 8.31. The van der Waals surface area contributed by atoms with Crippen molar-refractivity contribution in [3.05, 3.63) is 47.1 Å². The van der Waals surface area contributed by atoms with E-state index in [9.17, 15) is 22.4 Å². The maximum atomic E-state index is 13.0. The standard InChI is InChI=1S/C18H18FNO5S2/c1-11(17(21)20-14-8-9-27(23,24)10-14)25-18(22)16-7-6-15(26-16)12-2-4-13(19)5-3-12/h2-7,11,14H,8-10H2,1H3,(H,20,21)/t11-,14+/m1/s1. The minimum atomic E-state index is -3.10. The van der Waals surface area contributed by atoms with Gasteiger partial charge < -0.3 is 10.1 Å². The van der Waals surface area contributed by atoms with Crippen molar-refractivity contribution >= 4 is 33.1 Å². The van der Waals surface area contributed by atoms with Crippen LogP contribution in [-0.4, -0.2) is 43.9 Å². The van der Waals surface area contributed by atoms with Crippen LogP contribution in [0.5, 0.6) is 0 Å². The van der Waals surface area contributed by atoms with Crippen LogP contribution in [0.15, 0.2) is 36.4 Å². The maximum Gasteiger partial charge on any atom is 0.349 e. The molecule has 1 amide bonds. The monoisotopic (exact) mass is 411 g/mol. The van der Waals surface area contributed by atoms with Gasteiger partial charge in [0.25, 0.3) is 5.91 Å². The Morgan fingerprint density at radius 1 is 1.22 bits per heavy atom. The van der Waals surface area contributed by atoms with E-state index < -0.39 is 33.9 Å². The average molecular weight is 411 g/mol. The van der Waals surface area contributed by atoms with Gasteiger partial charge in [-0.05, 0) is 43.2 Å². The average Bonchev–Trinajstić information content (AvgIpc) is 3.22. The third kappa shape index (κ3) is 4.92. The van der Waals surface area contributed by atoms with E-state index in [1.165, 1.54) is 30.4 Å². The van der Waals surface area contributed by atoms with Crippen LogP contribution in [-0.2, 0) is 19.4 Å². The number of nitrogens with one attached hydrogen (secondary N) is 1. The molecule has 1 aromatic carbocycles. The Labute approximate surface area is 160 Å². The van der Waals surface area contributed by atoms with Gasteiger partial charge in [-0.1, -0.05) is 12.1 Å². The second-order valence-corrected chi connectivity index (χ2v) is 9.64. The molecule has 6 nitrogen and oxygen atoms in total. The molecular weight excluding hydrogens is 393 g/mol. The molecule has 1 aliphatic heterocycles. The molecule has 2 atom stereocenters. The van der Waals surface area contributed by atoms with E-state index in [4.69, 9.17) is 4.74 Å². The summed E-state index contributed by atoms with van der Waals surface area (Å²) in [5, 5.41) is 2.60. The highest BCUT2D eigenvalue weighted by Gasteiger charge is 2.31. The first-order valence-corrected chi connectivity index (χ1v) is 10.9. The summed E-state index contributed by atoms with van der Waals surface area (Å²) in [7, 11) is -3.10. The summed E-state index contributed by atoms with van der Waals surface area (Å²) in [6.45, 7) is 1.44. The van der Waals surface area contributed by atoms with E-state index in [-0.39, 0.29) is 17.3 Å². The molecule has 144 valence electrons. The molecule has 1 fully saturated rings. The van der Waals surface area contributed by atoms with E-state index in [1.807, 2.05) is 0 Å². The fraction of sp³-hybridized carbons (Fsp3) is 0.333. The summed E-state index contributed by atoms with van der Waals surface area (Å²) in [5.74, 6) is -1.56. The van der Waals surface area contributed by atoms with E-state index in [0.29, 0.717) is 11.3 Å². The summed E-state index contributed by atoms with van der Waals surface area (Å²) < 4.78 is 41.1. The topological polar surface area (TPSA) is 89.5 Å². The van der Waals surface area contributed by atoms with Gasteiger partial charge in [0.05, 0.1) is 11.5 Å². The number of hydrogen-bond acceptors (Lipinski definition) is 6. The number of hydrogen-bond donors (Lipinski definition) is 1. The van der Waals surface area contributed by atoms with Gasteiger partial charge in [0.15, 0.2) is 15.9 Å².